The van der Waals surface area contributed by atoms with Crippen LogP contribution in [0.25, 0.3) is 0 Å². The summed E-state index contributed by atoms with van der Waals surface area (Å²) in [5.41, 5.74) is 0. The molecule has 1 rings (SSSR count). The molecule has 5 nitrogen and oxygen atoms in total. The van der Waals surface area contributed by atoms with Gasteiger partial charge in [0, 0.05) is 6.20 Å². The smallest absolute Gasteiger partial charge is 0.166 e. The highest BCUT2D eigenvalue weighted by atomic mass is 16.7. The second-order valence-electron chi connectivity index (χ2n) is 1.36. The Labute approximate surface area is 45.7 Å². The van der Waals surface area contributed by atoms with Crippen LogP contribution in [0.1, 0.15) is 0 Å². The van der Waals surface area contributed by atoms with E-state index in [9.17, 15) is 10.1 Å². The highest BCUT2D eigenvalue weighted by Crippen LogP contribution is 1.91. The third-order valence-corrected chi connectivity index (χ3v) is 0.827. The van der Waals surface area contributed by atoms with Gasteiger partial charge in [0.25, 0.3) is 0 Å². The van der Waals surface area contributed by atoms with Gasteiger partial charge in [0.1, 0.15) is 0 Å². The summed E-state index contributed by atoms with van der Waals surface area (Å²) in [4.78, 5) is 9.84. The molecule has 1 aliphatic heterocycles. The molecule has 44 valence electrons. The maximum atomic E-state index is 9.84. The summed E-state index contributed by atoms with van der Waals surface area (Å²) in [5.74, 6) is 0. The first-order valence-corrected chi connectivity index (χ1v) is 2.12. The first-order chi connectivity index (χ1) is 3.80. The molecule has 5 heteroatoms. The minimum absolute atomic E-state index is 0.271. The fourth-order valence-corrected chi connectivity index (χ4v) is 0.450. The standard InChI is InChI=1S/C3H5N3O2/c7-6(8)5-2-1-4-3-5/h1-2,4H,3H2. The van der Waals surface area contributed by atoms with Gasteiger partial charge in [0.15, 0.2) is 11.7 Å². The van der Waals surface area contributed by atoms with Crippen molar-refractivity contribution < 1.29 is 5.03 Å². The number of nitrogens with zero attached hydrogens (tertiary/aromatic N) is 2. The molecule has 1 heterocycles. The van der Waals surface area contributed by atoms with E-state index >= 15 is 0 Å². The lowest BCUT2D eigenvalue weighted by molar-refractivity contribution is -0.638. The molecule has 0 aromatic carbocycles. The minimum atomic E-state index is -0.476. The molecule has 0 aliphatic carbocycles. The van der Waals surface area contributed by atoms with E-state index in [0.717, 1.165) is 5.01 Å². The van der Waals surface area contributed by atoms with Crippen LogP contribution in [-0.2, 0) is 0 Å². The Morgan fingerprint density at radius 2 is 2.62 bits per heavy atom. The lowest BCUT2D eigenvalue weighted by Crippen LogP contribution is -2.26. The van der Waals surface area contributed by atoms with Crippen LogP contribution in [0, 0.1) is 10.1 Å². The predicted molar refractivity (Wildman–Crippen MR) is 26.0 cm³/mol. The predicted octanol–water partition coefficient (Wildman–Crippen LogP) is -0.488. The molecule has 1 aliphatic rings. The fourth-order valence-electron chi connectivity index (χ4n) is 0.450. The SMILES string of the molecule is O=[N+]([O-])N1C=CNC1. The maximum Gasteiger partial charge on any atom is 0.166 e. The van der Waals surface area contributed by atoms with Gasteiger partial charge in [-0.1, -0.05) is 5.01 Å². The monoisotopic (exact) mass is 115 g/mol. The van der Waals surface area contributed by atoms with Gasteiger partial charge in [-0.05, 0) is 0 Å². The van der Waals surface area contributed by atoms with Crippen molar-refractivity contribution in [3.63, 3.8) is 0 Å². The van der Waals surface area contributed by atoms with Crippen LogP contribution in [0.4, 0.5) is 0 Å². The summed E-state index contributed by atoms with van der Waals surface area (Å²) in [6.45, 7) is 0.271. The van der Waals surface area contributed by atoms with Crippen molar-refractivity contribution in [2.24, 2.45) is 0 Å². The van der Waals surface area contributed by atoms with Gasteiger partial charge >= 0.3 is 0 Å². The number of hydrogen-bond acceptors (Lipinski definition) is 3. The van der Waals surface area contributed by atoms with Gasteiger partial charge in [0.2, 0.25) is 0 Å². The van der Waals surface area contributed by atoms with E-state index in [4.69, 9.17) is 0 Å². The normalized spacial score (nSPS) is 16.2. The summed E-state index contributed by atoms with van der Waals surface area (Å²) >= 11 is 0. The first kappa shape index (κ1) is 4.89. The van der Waals surface area contributed by atoms with Crippen LogP contribution in [0.3, 0.4) is 0 Å². The van der Waals surface area contributed by atoms with E-state index in [2.05, 4.69) is 5.32 Å². The van der Waals surface area contributed by atoms with Crippen molar-refractivity contribution in [3.8, 4) is 0 Å². The third-order valence-electron chi connectivity index (χ3n) is 0.827. The van der Waals surface area contributed by atoms with Gasteiger partial charge in [-0.25, -0.2) is 10.1 Å². The molecule has 0 spiro atoms. The Balaban J connectivity index is 2.48. The molecule has 0 atom stereocenters. The molecule has 0 bridgehead atoms. The second kappa shape index (κ2) is 1.69. The molecule has 0 saturated heterocycles. The lowest BCUT2D eigenvalue weighted by Gasteiger charge is -1.99. The Hall–Kier alpha value is -1.26. The quantitative estimate of drug-likeness (QED) is 0.370. The number of hydrogen-bond donors (Lipinski definition) is 1. The molecule has 0 saturated carbocycles. The average molecular weight is 115 g/mol. The van der Waals surface area contributed by atoms with Crippen LogP contribution in [0.5, 0.6) is 0 Å². The van der Waals surface area contributed by atoms with Crippen molar-refractivity contribution in [2.75, 3.05) is 6.67 Å². The van der Waals surface area contributed by atoms with Crippen LogP contribution in [-0.4, -0.2) is 16.7 Å². The van der Waals surface area contributed by atoms with Gasteiger partial charge < -0.3 is 5.32 Å². The molecular weight excluding hydrogens is 110 g/mol. The molecule has 0 amide bonds. The van der Waals surface area contributed by atoms with E-state index in [0.29, 0.717) is 0 Å². The molecular formula is C3H5N3O2. The van der Waals surface area contributed by atoms with Crippen molar-refractivity contribution >= 4 is 0 Å². The molecule has 8 heavy (non-hydrogen) atoms. The van der Waals surface area contributed by atoms with E-state index < -0.39 is 5.03 Å². The van der Waals surface area contributed by atoms with E-state index in [1.54, 1.807) is 0 Å². The Morgan fingerprint density at radius 1 is 1.88 bits per heavy atom. The van der Waals surface area contributed by atoms with Crippen molar-refractivity contribution in [3.05, 3.63) is 22.5 Å². The van der Waals surface area contributed by atoms with E-state index in [-0.39, 0.29) is 6.67 Å². The molecule has 1 N–H and O–H groups in total. The minimum Gasteiger partial charge on any atom is -0.367 e. The topological polar surface area (TPSA) is 58.4 Å². The Kier molecular flexibility index (Phi) is 1.03. The molecule has 0 unspecified atom stereocenters. The highest BCUT2D eigenvalue weighted by Gasteiger charge is 2.11. The highest BCUT2D eigenvalue weighted by molar-refractivity contribution is 4.81. The number of nitrogens with one attached hydrogen (secondary N) is 1. The summed E-state index contributed by atoms with van der Waals surface area (Å²) in [5, 5.41) is 13.0. The molecule has 0 aromatic heterocycles. The number of rotatable bonds is 1. The van der Waals surface area contributed by atoms with E-state index in [1.165, 1.54) is 12.4 Å². The zero-order valence-electron chi connectivity index (χ0n) is 4.07. The summed E-state index contributed by atoms with van der Waals surface area (Å²) < 4.78 is 0. The summed E-state index contributed by atoms with van der Waals surface area (Å²) in [6, 6.07) is 0. The zero-order chi connectivity index (χ0) is 5.98. The van der Waals surface area contributed by atoms with Crippen molar-refractivity contribution in [1.82, 2.24) is 10.3 Å². The first-order valence-electron chi connectivity index (χ1n) is 2.12. The fraction of sp³-hybridized carbons (Fsp3) is 0.333. The second-order valence-corrected chi connectivity index (χ2v) is 1.36. The van der Waals surface area contributed by atoms with E-state index in [1.807, 2.05) is 0 Å². The zero-order valence-corrected chi connectivity index (χ0v) is 4.07. The van der Waals surface area contributed by atoms with Gasteiger partial charge in [-0.2, -0.15) is 0 Å². The van der Waals surface area contributed by atoms with Crippen LogP contribution >= 0.6 is 0 Å². The summed E-state index contributed by atoms with van der Waals surface area (Å²) in [6.07, 6.45) is 2.91. The molecule has 0 aromatic rings. The molecule has 0 fully saturated rings. The lowest BCUT2D eigenvalue weighted by atomic mass is 10.9. The Morgan fingerprint density at radius 3 is 2.88 bits per heavy atom. The van der Waals surface area contributed by atoms with Crippen LogP contribution in [0.2, 0.25) is 0 Å². The molecule has 0 radical (unpaired) electrons. The van der Waals surface area contributed by atoms with Gasteiger partial charge in [-0.15, -0.1) is 0 Å². The van der Waals surface area contributed by atoms with Crippen LogP contribution in [0.15, 0.2) is 12.4 Å². The van der Waals surface area contributed by atoms with Gasteiger partial charge in [-0.3, -0.25) is 0 Å². The van der Waals surface area contributed by atoms with Gasteiger partial charge in [0.05, 0.1) is 6.20 Å². The number of nitro groups is 1. The third kappa shape index (κ3) is 0.699. The van der Waals surface area contributed by atoms with Crippen LogP contribution < -0.4 is 5.32 Å². The summed E-state index contributed by atoms with van der Waals surface area (Å²) in [7, 11) is 0. The average Bonchev–Trinajstić information content (AvgIpc) is 2.12. The van der Waals surface area contributed by atoms with Crippen molar-refractivity contribution in [1.29, 1.82) is 0 Å². The Bertz CT molecular complexity index is 132. The largest absolute Gasteiger partial charge is 0.367 e. The maximum absolute atomic E-state index is 9.84. The van der Waals surface area contributed by atoms with Crippen molar-refractivity contribution in [2.45, 2.75) is 0 Å². The number of hydrazine groups is 1.